The molecule has 1 aromatic carbocycles. The molecule has 20 heavy (non-hydrogen) atoms. The van der Waals surface area contributed by atoms with E-state index >= 15 is 0 Å². The second-order valence-electron chi connectivity index (χ2n) is 5.89. The van der Waals surface area contributed by atoms with E-state index in [1.165, 1.54) is 6.42 Å². The quantitative estimate of drug-likeness (QED) is 0.914. The van der Waals surface area contributed by atoms with E-state index in [4.69, 9.17) is 4.74 Å². The number of carbonyl (C=O) groups excluding carboxylic acids is 1. The molecular weight excluding hydrogens is 252 g/mol. The number of hydrogen-bond acceptors (Lipinski definition) is 3. The first-order valence-electron chi connectivity index (χ1n) is 7.32. The maximum absolute atomic E-state index is 12.7. The van der Waals surface area contributed by atoms with Crippen molar-refractivity contribution in [2.75, 3.05) is 13.7 Å². The first-order valence-corrected chi connectivity index (χ1v) is 7.32. The molecule has 3 rings (SSSR count). The Morgan fingerprint density at radius 3 is 2.60 bits per heavy atom. The van der Waals surface area contributed by atoms with Gasteiger partial charge in [-0.1, -0.05) is 30.3 Å². The van der Waals surface area contributed by atoms with Crippen molar-refractivity contribution in [3.05, 3.63) is 35.9 Å². The number of methoxy groups -OCH3 is 1. The molecule has 1 heterocycles. The van der Waals surface area contributed by atoms with Crippen molar-refractivity contribution in [3.63, 3.8) is 0 Å². The van der Waals surface area contributed by atoms with E-state index in [0.29, 0.717) is 6.54 Å². The van der Waals surface area contributed by atoms with Crippen LogP contribution in [-0.4, -0.2) is 36.2 Å². The number of hydrogen-bond donors (Lipinski definition) is 1. The summed E-state index contributed by atoms with van der Waals surface area (Å²) in [5.41, 5.74) is 0.920. The molecule has 0 aromatic heterocycles. The van der Waals surface area contributed by atoms with Crippen molar-refractivity contribution in [1.29, 1.82) is 0 Å². The SMILES string of the molecule is COC1(CN2C(=O)C(c3ccccc3)NC2C)CCC1. The van der Waals surface area contributed by atoms with Crippen molar-refractivity contribution in [3.8, 4) is 0 Å². The maximum Gasteiger partial charge on any atom is 0.245 e. The summed E-state index contributed by atoms with van der Waals surface area (Å²) in [5.74, 6) is 0.159. The van der Waals surface area contributed by atoms with E-state index < -0.39 is 0 Å². The molecule has 2 fully saturated rings. The van der Waals surface area contributed by atoms with Crippen molar-refractivity contribution in [2.45, 2.75) is 44.0 Å². The molecule has 0 spiro atoms. The Hall–Kier alpha value is -1.39. The fraction of sp³-hybridized carbons (Fsp3) is 0.562. The summed E-state index contributed by atoms with van der Waals surface area (Å²) in [6.07, 6.45) is 3.35. The lowest BCUT2D eigenvalue weighted by Crippen LogP contribution is -2.52. The third kappa shape index (κ3) is 2.23. The van der Waals surface area contributed by atoms with E-state index in [9.17, 15) is 4.79 Å². The first-order chi connectivity index (χ1) is 9.65. The molecule has 1 saturated heterocycles. The van der Waals surface area contributed by atoms with Crippen LogP contribution in [-0.2, 0) is 9.53 Å². The molecule has 0 radical (unpaired) electrons. The number of rotatable bonds is 4. The minimum atomic E-state index is -0.222. The number of amides is 1. The van der Waals surface area contributed by atoms with Crippen LogP contribution < -0.4 is 5.32 Å². The molecule has 1 aliphatic carbocycles. The summed E-state index contributed by atoms with van der Waals surface area (Å²) >= 11 is 0. The predicted octanol–water partition coefficient (Wildman–Crippen LogP) is 2.07. The zero-order valence-corrected chi connectivity index (χ0v) is 12.1. The summed E-state index contributed by atoms with van der Waals surface area (Å²) in [4.78, 5) is 14.6. The molecule has 2 atom stereocenters. The van der Waals surface area contributed by atoms with Gasteiger partial charge in [0.05, 0.1) is 18.3 Å². The standard InChI is InChI=1S/C16H22N2O2/c1-12-17-14(13-7-4-3-5-8-13)15(19)18(12)11-16(20-2)9-6-10-16/h3-5,7-8,12,14,17H,6,9-11H2,1-2H3. The zero-order valence-electron chi connectivity index (χ0n) is 12.1. The predicted molar refractivity (Wildman–Crippen MR) is 77.1 cm³/mol. The number of ether oxygens (including phenoxy) is 1. The van der Waals surface area contributed by atoms with Gasteiger partial charge in [-0.25, -0.2) is 0 Å². The highest BCUT2D eigenvalue weighted by Gasteiger charge is 2.45. The highest BCUT2D eigenvalue weighted by molar-refractivity contribution is 5.85. The van der Waals surface area contributed by atoms with Gasteiger partial charge in [-0.15, -0.1) is 0 Å². The normalized spacial score (nSPS) is 28.5. The third-order valence-corrected chi connectivity index (χ3v) is 4.69. The number of benzene rings is 1. The van der Waals surface area contributed by atoms with Gasteiger partial charge in [0.1, 0.15) is 6.04 Å². The fourth-order valence-electron chi connectivity index (χ4n) is 3.17. The molecule has 0 bridgehead atoms. The number of carbonyl (C=O) groups is 1. The van der Waals surface area contributed by atoms with Crippen molar-refractivity contribution in [1.82, 2.24) is 10.2 Å². The van der Waals surface area contributed by atoms with Gasteiger partial charge in [0.25, 0.3) is 0 Å². The Morgan fingerprint density at radius 1 is 1.35 bits per heavy atom. The molecule has 2 unspecified atom stereocenters. The van der Waals surface area contributed by atoms with Gasteiger partial charge in [0.15, 0.2) is 0 Å². The molecule has 2 aliphatic rings. The van der Waals surface area contributed by atoms with E-state index in [1.54, 1.807) is 7.11 Å². The molecular formula is C16H22N2O2. The molecule has 1 aliphatic heterocycles. The second-order valence-corrected chi connectivity index (χ2v) is 5.89. The summed E-state index contributed by atoms with van der Waals surface area (Å²) in [7, 11) is 1.76. The molecule has 1 aromatic rings. The van der Waals surface area contributed by atoms with Crippen LogP contribution in [0.25, 0.3) is 0 Å². The van der Waals surface area contributed by atoms with Crippen LogP contribution in [0, 0.1) is 0 Å². The topological polar surface area (TPSA) is 41.6 Å². The van der Waals surface area contributed by atoms with E-state index in [1.807, 2.05) is 42.2 Å². The van der Waals surface area contributed by atoms with Gasteiger partial charge in [0, 0.05) is 7.11 Å². The van der Waals surface area contributed by atoms with Crippen molar-refractivity contribution < 1.29 is 9.53 Å². The van der Waals surface area contributed by atoms with Crippen LogP contribution in [0.3, 0.4) is 0 Å². The van der Waals surface area contributed by atoms with E-state index in [-0.39, 0.29) is 23.7 Å². The average Bonchev–Trinajstić information content (AvgIpc) is 2.71. The lowest BCUT2D eigenvalue weighted by Gasteiger charge is -2.43. The Morgan fingerprint density at radius 2 is 2.05 bits per heavy atom. The van der Waals surface area contributed by atoms with Crippen LogP contribution in [0.15, 0.2) is 30.3 Å². The monoisotopic (exact) mass is 274 g/mol. The lowest BCUT2D eigenvalue weighted by molar-refractivity contribution is -0.140. The van der Waals surface area contributed by atoms with E-state index in [0.717, 1.165) is 18.4 Å². The third-order valence-electron chi connectivity index (χ3n) is 4.69. The summed E-state index contributed by atoms with van der Waals surface area (Å²) in [6, 6.07) is 9.70. The summed E-state index contributed by atoms with van der Waals surface area (Å²) < 4.78 is 5.65. The minimum Gasteiger partial charge on any atom is -0.376 e. The van der Waals surface area contributed by atoms with Crippen LogP contribution in [0.1, 0.15) is 37.8 Å². The summed E-state index contributed by atoms with van der Waals surface area (Å²) in [5, 5.41) is 3.39. The Labute approximate surface area is 120 Å². The molecule has 4 nitrogen and oxygen atoms in total. The van der Waals surface area contributed by atoms with E-state index in [2.05, 4.69) is 5.32 Å². The fourth-order valence-corrected chi connectivity index (χ4v) is 3.17. The average molecular weight is 274 g/mol. The van der Waals surface area contributed by atoms with Gasteiger partial charge in [-0.3, -0.25) is 10.1 Å². The van der Waals surface area contributed by atoms with Crippen LogP contribution in [0.4, 0.5) is 0 Å². The van der Waals surface area contributed by atoms with Crippen molar-refractivity contribution >= 4 is 5.91 Å². The lowest BCUT2D eigenvalue weighted by atomic mass is 9.79. The minimum absolute atomic E-state index is 0.0559. The summed E-state index contributed by atoms with van der Waals surface area (Å²) in [6.45, 7) is 2.74. The van der Waals surface area contributed by atoms with Gasteiger partial charge in [0.2, 0.25) is 5.91 Å². The number of nitrogens with one attached hydrogen (secondary N) is 1. The molecule has 1 N–H and O–H groups in total. The largest absolute Gasteiger partial charge is 0.376 e. The van der Waals surface area contributed by atoms with Gasteiger partial charge in [-0.2, -0.15) is 0 Å². The Kier molecular flexibility index (Phi) is 3.52. The Bertz CT molecular complexity index is 479. The van der Waals surface area contributed by atoms with Crippen LogP contribution in [0.5, 0.6) is 0 Å². The van der Waals surface area contributed by atoms with Gasteiger partial charge >= 0.3 is 0 Å². The first kappa shape index (κ1) is 13.6. The molecule has 1 amide bonds. The molecule has 108 valence electrons. The van der Waals surface area contributed by atoms with Crippen LogP contribution >= 0.6 is 0 Å². The molecule has 1 saturated carbocycles. The zero-order chi connectivity index (χ0) is 14.2. The highest BCUT2D eigenvalue weighted by atomic mass is 16.5. The smallest absolute Gasteiger partial charge is 0.245 e. The number of nitrogens with zero attached hydrogens (tertiary/aromatic N) is 1. The van der Waals surface area contributed by atoms with Crippen molar-refractivity contribution in [2.24, 2.45) is 0 Å². The van der Waals surface area contributed by atoms with Gasteiger partial charge in [-0.05, 0) is 31.7 Å². The highest BCUT2D eigenvalue weighted by Crippen LogP contribution is 2.37. The molecule has 4 heteroatoms. The maximum atomic E-state index is 12.7. The second kappa shape index (κ2) is 5.19. The van der Waals surface area contributed by atoms with Crippen LogP contribution in [0.2, 0.25) is 0 Å². The van der Waals surface area contributed by atoms with Gasteiger partial charge < -0.3 is 9.64 Å². The Balaban J connectivity index is 1.75.